The Morgan fingerprint density at radius 2 is 1.52 bits per heavy atom. The van der Waals surface area contributed by atoms with E-state index in [2.05, 4.69) is 0 Å². The lowest BCUT2D eigenvalue weighted by Gasteiger charge is -2.28. The van der Waals surface area contributed by atoms with Gasteiger partial charge in [0.25, 0.3) is 0 Å². The van der Waals surface area contributed by atoms with Crippen LogP contribution < -0.4 is 11.1 Å². The molecule has 8 heteroatoms. The summed E-state index contributed by atoms with van der Waals surface area (Å²) in [5, 5.41) is -1.92. The van der Waals surface area contributed by atoms with Gasteiger partial charge in [-0.15, -0.1) is 0 Å². The second-order valence-electron chi connectivity index (χ2n) is 5.46. The minimum absolute atomic E-state index is 0.247. The van der Waals surface area contributed by atoms with Gasteiger partial charge in [0.1, 0.15) is 0 Å². The van der Waals surface area contributed by atoms with E-state index in [1.807, 2.05) is 0 Å². The van der Waals surface area contributed by atoms with Crippen LogP contribution in [0, 0.1) is 23.3 Å². The highest BCUT2D eigenvalue weighted by molar-refractivity contribution is 5.54. The molecule has 0 aromatic heterocycles. The molecule has 0 aliphatic carbocycles. The second-order valence-corrected chi connectivity index (χ2v) is 5.46. The molecule has 0 amide bonds. The van der Waals surface area contributed by atoms with Crippen LogP contribution in [0.2, 0.25) is 0 Å². The highest BCUT2D eigenvalue weighted by atomic mass is 19.4. The predicted octanol–water partition coefficient (Wildman–Crippen LogP) is 4.73. The third-order valence-corrected chi connectivity index (χ3v) is 3.64. The molecule has 2 rings (SSSR count). The number of benzene rings is 2. The van der Waals surface area contributed by atoms with Crippen LogP contribution in [-0.2, 0) is 5.41 Å². The smallest absolute Gasteiger partial charge is 0.197 e. The maximum atomic E-state index is 14.3. The predicted molar refractivity (Wildman–Crippen MR) is 74.0 cm³/mol. The average Bonchev–Trinajstić information content (AvgIpc) is 2.44. The van der Waals surface area contributed by atoms with Crippen LogP contribution in [0.15, 0.2) is 24.3 Å². The molecule has 0 aliphatic rings. The lowest BCUT2D eigenvalue weighted by atomic mass is 9.77. The lowest BCUT2D eigenvalue weighted by molar-refractivity contribution is 0.222. The van der Waals surface area contributed by atoms with Crippen LogP contribution in [0.1, 0.15) is 25.0 Å². The van der Waals surface area contributed by atoms with Gasteiger partial charge >= 0.3 is 0 Å². The van der Waals surface area contributed by atoms with Crippen molar-refractivity contribution in [1.29, 1.82) is 0 Å². The fourth-order valence-corrected chi connectivity index (χ4v) is 2.39. The van der Waals surface area contributed by atoms with Crippen LogP contribution in [0.4, 0.5) is 37.9 Å². The molecule has 0 aliphatic heterocycles. The molecule has 0 heterocycles. The highest BCUT2D eigenvalue weighted by Gasteiger charge is 2.37. The van der Waals surface area contributed by atoms with E-state index in [9.17, 15) is 26.5 Å². The average molecular weight is 334 g/mol. The van der Waals surface area contributed by atoms with Crippen molar-refractivity contribution in [3.8, 4) is 0 Å². The molecule has 0 saturated carbocycles. The minimum Gasteiger partial charge on any atom is -0.399 e. The first-order chi connectivity index (χ1) is 10.6. The molecule has 0 unspecified atom stereocenters. The van der Waals surface area contributed by atoms with Crippen molar-refractivity contribution in [2.24, 2.45) is 0 Å². The van der Waals surface area contributed by atoms with E-state index >= 15 is 0 Å². The van der Waals surface area contributed by atoms with Gasteiger partial charge in [0.15, 0.2) is 29.0 Å². The number of anilines is 2. The van der Waals surface area contributed by atoms with Crippen molar-refractivity contribution in [1.82, 2.24) is 0 Å². The largest absolute Gasteiger partial charge is 0.399 e. The first-order valence-corrected chi connectivity index (χ1v) is 6.43. The molecule has 2 nitrogen and oxygen atoms in total. The summed E-state index contributed by atoms with van der Waals surface area (Å²) >= 11 is 0. The van der Waals surface area contributed by atoms with Crippen molar-refractivity contribution in [2.45, 2.75) is 19.3 Å². The van der Waals surface area contributed by atoms with Crippen molar-refractivity contribution in [3.63, 3.8) is 0 Å². The SMILES string of the molecule is CC(C)(c1cccc(N)c1)c1c(F)c(F)c(F)c(N(F)F)c1F. The van der Waals surface area contributed by atoms with Gasteiger partial charge in [-0.1, -0.05) is 34.9 Å². The topological polar surface area (TPSA) is 29.3 Å². The van der Waals surface area contributed by atoms with Crippen LogP contribution >= 0.6 is 0 Å². The molecule has 0 bridgehead atoms. The number of nitrogen functional groups attached to an aromatic ring is 1. The zero-order chi connectivity index (χ0) is 17.5. The van der Waals surface area contributed by atoms with Gasteiger partial charge in [0, 0.05) is 16.7 Å². The third-order valence-electron chi connectivity index (χ3n) is 3.64. The molecule has 2 N–H and O–H groups in total. The molecular weight excluding hydrogens is 322 g/mol. The summed E-state index contributed by atoms with van der Waals surface area (Å²) in [6.45, 7) is 2.57. The number of rotatable bonds is 3. The molecule has 0 saturated heterocycles. The van der Waals surface area contributed by atoms with E-state index in [4.69, 9.17) is 5.73 Å². The number of nitrogens with zero attached hydrogens (tertiary/aromatic N) is 1. The molecule has 23 heavy (non-hydrogen) atoms. The molecule has 0 fully saturated rings. The van der Waals surface area contributed by atoms with Crippen LogP contribution in [0.5, 0.6) is 0 Å². The Morgan fingerprint density at radius 3 is 2.04 bits per heavy atom. The lowest BCUT2D eigenvalue weighted by Crippen LogP contribution is -2.25. The van der Waals surface area contributed by atoms with Gasteiger partial charge in [-0.05, 0) is 23.0 Å². The summed E-state index contributed by atoms with van der Waals surface area (Å²) < 4.78 is 80.8. The van der Waals surface area contributed by atoms with Crippen LogP contribution in [0.3, 0.4) is 0 Å². The Bertz CT molecular complexity index is 758. The quantitative estimate of drug-likeness (QED) is 0.289. The fraction of sp³-hybridized carbons (Fsp3) is 0.200. The molecule has 124 valence electrons. The molecule has 2 aromatic rings. The van der Waals surface area contributed by atoms with Crippen molar-refractivity contribution >= 4 is 11.4 Å². The summed E-state index contributed by atoms with van der Waals surface area (Å²) in [7, 11) is 0. The van der Waals surface area contributed by atoms with Crippen molar-refractivity contribution in [2.75, 3.05) is 11.1 Å². The number of hydrogen-bond acceptors (Lipinski definition) is 2. The maximum absolute atomic E-state index is 14.3. The van der Waals surface area contributed by atoms with Gasteiger partial charge in [0.2, 0.25) is 0 Å². The Kier molecular flexibility index (Phi) is 4.19. The van der Waals surface area contributed by atoms with E-state index < -0.39 is 45.3 Å². The summed E-state index contributed by atoms with van der Waals surface area (Å²) in [6.07, 6.45) is 0. The van der Waals surface area contributed by atoms with E-state index in [0.717, 1.165) is 0 Å². The van der Waals surface area contributed by atoms with Crippen molar-refractivity contribution in [3.05, 3.63) is 58.7 Å². The molecule has 0 radical (unpaired) electrons. The van der Waals surface area contributed by atoms with Gasteiger partial charge in [-0.3, -0.25) is 0 Å². The zero-order valence-electron chi connectivity index (χ0n) is 12.1. The fourth-order valence-electron chi connectivity index (χ4n) is 2.39. The number of halogens is 6. The van der Waals surface area contributed by atoms with Gasteiger partial charge < -0.3 is 5.73 Å². The minimum atomic E-state index is -2.29. The Labute approximate surface area is 128 Å². The summed E-state index contributed by atoms with van der Waals surface area (Å²) in [5.74, 6) is -8.21. The first kappa shape index (κ1) is 17.0. The van der Waals surface area contributed by atoms with Gasteiger partial charge in [-0.2, -0.15) is 0 Å². The van der Waals surface area contributed by atoms with E-state index in [1.165, 1.54) is 38.1 Å². The Hall–Kier alpha value is -2.38. The Balaban J connectivity index is 2.81. The standard InChI is InChI=1S/C15H12F6N2/c1-15(2,7-4-3-5-8(22)6-7)9-10(16)12(18)13(19)14(11(9)17)23(20)21/h3-6H,22H2,1-2H3. The van der Waals surface area contributed by atoms with Crippen LogP contribution in [-0.4, -0.2) is 0 Å². The zero-order valence-corrected chi connectivity index (χ0v) is 12.1. The molecule has 0 atom stereocenters. The molecule has 0 spiro atoms. The summed E-state index contributed by atoms with van der Waals surface area (Å²) in [5.41, 5.74) is 1.55. The van der Waals surface area contributed by atoms with E-state index in [0.29, 0.717) is 0 Å². The number of nitrogens with two attached hydrogens (primary N) is 1. The normalized spacial score (nSPS) is 11.7. The number of hydrogen-bond donors (Lipinski definition) is 1. The van der Waals surface area contributed by atoms with E-state index in [1.54, 1.807) is 0 Å². The second kappa shape index (κ2) is 5.68. The molecular formula is C15H12F6N2. The highest BCUT2D eigenvalue weighted by Crippen LogP contribution is 2.41. The van der Waals surface area contributed by atoms with Gasteiger partial charge in [0.05, 0.1) is 0 Å². The van der Waals surface area contributed by atoms with Crippen molar-refractivity contribution < 1.29 is 26.5 Å². The Morgan fingerprint density at radius 1 is 0.913 bits per heavy atom. The third kappa shape index (κ3) is 2.69. The summed E-state index contributed by atoms with van der Waals surface area (Å²) in [4.78, 5) is 0. The summed E-state index contributed by atoms with van der Waals surface area (Å²) in [6, 6.07) is 5.80. The van der Waals surface area contributed by atoms with Crippen LogP contribution in [0.25, 0.3) is 0 Å². The maximum Gasteiger partial charge on any atom is 0.197 e. The molecule has 2 aromatic carbocycles. The first-order valence-electron chi connectivity index (χ1n) is 6.43. The van der Waals surface area contributed by atoms with Gasteiger partial charge in [-0.25, -0.2) is 17.6 Å². The van der Waals surface area contributed by atoms with E-state index in [-0.39, 0.29) is 11.3 Å². The monoisotopic (exact) mass is 334 g/mol.